The molecule has 0 bridgehead atoms. The molecule has 1 atom stereocenters. The summed E-state index contributed by atoms with van der Waals surface area (Å²) in [4.78, 5) is 28.1. The lowest BCUT2D eigenvalue weighted by molar-refractivity contribution is -0.134. The summed E-state index contributed by atoms with van der Waals surface area (Å²) in [6.07, 6.45) is 3.80. The molecule has 0 spiro atoms. The third-order valence-electron chi connectivity index (χ3n) is 3.95. The van der Waals surface area contributed by atoms with E-state index in [0.29, 0.717) is 6.42 Å². The highest BCUT2D eigenvalue weighted by atomic mass is 16.2. The van der Waals surface area contributed by atoms with Crippen LogP contribution in [0.1, 0.15) is 24.8 Å². The van der Waals surface area contributed by atoms with Gasteiger partial charge in [0.05, 0.1) is 0 Å². The van der Waals surface area contributed by atoms with Crippen molar-refractivity contribution < 1.29 is 9.59 Å². The van der Waals surface area contributed by atoms with Gasteiger partial charge < -0.3 is 15.1 Å². The van der Waals surface area contributed by atoms with Gasteiger partial charge in [0.25, 0.3) is 0 Å². The molecule has 0 unspecified atom stereocenters. The molecule has 1 aromatic rings. The Kier molecular flexibility index (Phi) is 5.81. The lowest BCUT2D eigenvalue weighted by atomic mass is 10.0. The summed E-state index contributed by atoms with van der Waals surface area (Å²) in [5, 5.41) is 2.86. The fourth-order valence-corrected chi connectivity index (χ4v) is 2.66. The second-order valence-corrected chi connectivity index (χ2v) is 5.97. The lowest BCUT2D eigenvalue weighted by Gasteiger charge is -2.31. The van der Waals surface area contributed by atoms with Gasteiger partial charge in [-0.2, -0.15) is 0 Å². The number of urea groups is 1. The van der Waals surface area contributed by atoms with Crippen molar-refractivity contribution in [3.8, 4) is 0 Å². The Morgan fingerprint density at radius 1 is 1.14 bits per heavy atom. The zero-order valence-corrected chi connectivity index (χ0v) is 13.4. The van der Waals surface area contributed by atoms with Crippen molar-refractivity contribution >= 4 is 11.9 Å². The number of piperidine rings is 1. The molecule has 5 heteroatoms. The Balaban J connectivity index is 2.09. The highest BCUT2D eigenvalue weighted by Gasteiger charge is 2.27. The minimum absolute atomic E-state index is 0.0266. The molecule has 0 radical (unpaired) electrons. The van der Waals surface area contributed by atoms with Gasteiger partial charge >= 0.3 is 6.03 Å². The van der Waals surface area contributed by atoms with Gasteiger partial charge in [-0.1, -0.05) is 30.3 Å². The predicted octanol–water partition coefficient (Wildman–Crippen LogP) is 1.88. The number of nitrogens with one attached hydrogen (secondary N) is 1. The van der Waals surface area contributed by atoms with Crippen LogP contribution >= 0.6 is 0 Å². The summed E-state index contributed by atoms with van der Waals surface area (Å²) in [7, 11) is 3.36. The van der Waals surface area contributed by atoms with Crippen molar-refractivity contribution in [2.24, 2.45) is 0 Å². The number of amides is 3. The summed E-state index contributed by atoms with van der Waals surface area (Å²) in [5.74, 6) is 0.0266. The number of hydrogen-bond donors (Lipinski definition) is 1. The first-order valence-electron chi connectivity index (χ1n) is 7.88. The fraction of sp³-hybridized carbons (Fsp3) is 0.529. The molecule has 1 N–H and O–H groups in total. The first-order chi connectivity index (χ1) is 10.6. The van der Waals surface area contributed by atoms with Crippen LogP contribution in [-0.4, -0.2) is 55.0 Å². The van der Waals surface area contributed by atoms with Crippen molar-refractivity contribution in [3.05, 3.63) is 35.9 Å². The minimum Gasteiger partial charge on any atom is -0.341 e. The molecule has 22 heavy (non-hydrogen) atoms. The number of nitrogens with zero attached hydrogens (tertiary/aromatic N) is 2. The number of likely N-dealkylation sites (tertiary alicyclic amines) is 1. The van der Waals surface area contributed by atoms with Gasteiger partial charge in [-0.05, 0) is 24.8 Å². The van der Waals surface area contributed by atoms with Gasteiger partial charge in [-0.3, -0.25) is 4.79 Å². The molecule has 1 aliphatic rings. The number of carbonyl (C=O) groups is 2. The van der Waals surface area contributed by atoms with Crippen molar-refractivity contribution in [2.75, 3.05) is 27.2 Å². The van der Waals surface area contributed by atoms with Gasteiger partial charge in [-0.15, -0.1) is 0 Å². The molecular formula is C17H25N3O2. The Hall–Kier alpha value is -2.04. The standard InChI is InChI=1S/C17H25N3O2/c1-19(2)17(22)18-15(13-14-9-5-3-6-10-14)16(21)20-11-7-4-8-12-20/h3,5-6,9-10,15H,4,7-8,11-13H2,1-2H3,(H,18,22)/t15-/m0/s1. The normalized spacial score (nSPS) is 16.0. The number of benzene rings is 1. The SMILES string of the molecule is CN(C)C(=O)N[C@@H](Cc1ccccc1)C(=O)N1CCCCC1. The zero-order chi connectivity index (χ0) is 15.9. The summed E-state index contributed by atoms with van der Waals surface area (Å²) in [5.41, 5.74) is 1.05. The van der Waals surface area contributed by atoms with Crippen molar-refractivity contribution in [1.29, 1.82) is 0 Å². The van der Waals surface area contributed by atoms with Gasteiger partial charge in [0.2, 0.25) is 5.91 Å². The molecule has 1 saturated heterocycles. The molecule has 0 aliphatic carbocycles. The first-order valence-corrected chi connectivity index (χ1v) is 7.88. The van der Waals surface area contributed by atoms with E-state index in [1.165, 1.54) is 11.3 Å². The molecule has 3 amide bonds. The van der Waals surface area contributed by atoms with Gasteiger partial charge in [0.15, 0.2) is 0 Å². The van der Waals surface area contributed by atoms with E-state index >= 15 is 0 Å². The second-order valence-electron chi connectivity index (χ2n) is 5.97. The number of hydrogen-bond acceptors (Lipinski definition) is 2. The van der Waals surface area contributed by atoms with Gasteiger partial charge in [-0.25, -0.2) is 4.79 Å². The maximum atomic E-state index is 12.8. The van der Waals surface area contributed by atoms with Crippen molar-refractivity contribution in [1.82, 2.24) is 15.1 Å². The Morgan fingerprint density at radius 3 is 2.36 bits per heavy atom. The second kappa shape index (κ2) is 7.82. The molecule has 1 aromatic carbocycles. The van der Waals surface area contributed by atoms with Gasteiger partial charge in [0.1, 0.15) is 6.04 Å². The smallest absolute Gasteiger partial charge is 0.317 e. The van der Waals surface area contributed by atoms with E-state index in [-0.39, 0.29) is 11.9 Å². The average Bonchev–Trinajstić information content (AvgIpc) is 2.55. The van der Waals surface area contributed by atoms with Crippen LogP contribution in [0.4, 0.5) is 4.79 Å². The minimum atomic E-state index is -0.504. The fourth-order valence-electron chi connectivity index (χ4n) is 2.66. The lowest BCUT2D eigenvalue weighted by Crippen LogP contribution is -2.53. The van der Waals surface area contributed by atoms with Crippen LogP contribution in [0.3, 0.4) is 0 Å². The summed E-state index contributed by atoms with van der Waals surface area (Å²) < 4.78 is 0. The molecule has 2 rings (SSSR count). The largest absolute Gasteiger partial charge is 0.341 e. The van der Waals surface area contributed by atoms with Crippen LogP contribution in [0.15, 0.2) is 30.3 Å². The van der Waals surface area contributed by atoms with Crippen LogP contribution < -0.4 is 5.32 Å². The Morgan fingerprint density at radius 2 is 1.77 bits per heavy atom. The molecule has 120 valence electrons. The molecule has 1 fully saturated rings. The van der Waals surface area contributed by atoms with E-state index in [1.54, 1.807) is 14.1 Å². The zero-order valence-electron chi connectivity index (χ0n) is 13.4. The van der Waals surface area contributed by atoms with E-state index in [2.05, 4.69) is 5.32 Å². The van der Waals surface area contributed by atoms with Gasteiger partial charge in [0, 0.05) is 33.6 Å². The quantitative estimate of drug-likeness (QED) is 0.923. The summed E-state index contributed by atoms with van der Waals surface area (Å²) >= 11 is 0. The summed E-state index contributed by atoms with van der Waals surface area (Å²) in [6.45, 7) is 1.59. The van der Waals surface area contributed by atoms with Crippen LogP contribution in [0.25, 0.3) is 0 Å². The number of rotatable bonds is 4. The van der Waals surface area contributed by atoms with Crippen molar-refractivity contribution in [3.63, 3.8) is 0 Å². The predicted molar refractivity (Wildman–Crippen MR) is 86.6 cm³/mol. The highest BCUT2D eigenvalue weighted by Crippen LogP contribution is 2.12. The maximum absolute atomic E-state index is 12.8. The third kappa shape index (κ3) is 4.48. The molecule has 0 aromatic heterocycles. The van der Waals surface area contributed by atoms with E-state index in [0.717, 1.165) is 31.5 Å². The topological polar surface area (TPSA) is 52.7 Å². The maximum Gasteiger partial charge on any atom is 0.317 e. The summed E-state index contributed by atoms with van der Waals surface area (Å²) in [6, 6.07) is 9.08. The molecule has 0 saturated carbocycles. The van der Waals surface area contributed by atoms with E-state index < -0.39 is 6.04 Å². The van der Waals surface area contributed by atoms with Crippen LogP contribution in [-0.2, 0) is 11.2 Å². The third-order valence-corrected chi connectivity index (χ3v) is 3.95. The highest BCUT2D eigenvalue weighted by molar-refractivity contribution is 5.87. The van der Waals surface area contributed by atoms with Crippen LogP contribution in [0, 0.1) is 0 Å². The van der Waals surface area contributed by atoms with E-state index in [4.69, 9.17) is 0 Å². The van der Waals surface area contributed by atoms with E-state index in [9.17, 15) is 9.59 Å². The number of carbonyl (C=O) groups excluding carboxylic acids is 2. The van der Waals surface area contributed by atoms with Crippen molar-refractivity contribution in [2.45, 2.75) is 31.7 Å². The first kappa shape index (κ1) is 16.3. The molecular weight excluding hydrogens is 278 g/mol. The molecule has 1 heterocycles. The van der Waals surface area contributed by atoms with E-state index in [1.807, 2.05) is 35.2 Å². The van der Waals surface area contributed by atoms with Crippen LogP contribution in [0.2, 0.25) is 0 Å². The van der Waals surface area contributed by atoms with Crippen LogP contribution in [0.5, 0.6) is 0 Å². The molecule has 5 nitrogen and oxygen atoms in total. The average molecular weight is 303 g/mol. The Labute approximate surface area is 132 Å². The monoisotopic (exact) mass is 303 g/mol. The Bertz CT molecular complexity index is 496. The molecule has 1 aliphatic heterocycles.